The van der Waals surface area contributed by atoms with Crippen LogP contribution < -0.4 is 5.32 Å². The molecule has 0 atom stereocenters. The summed E-state index contributed by atoms with van der Waals surface area (Å²) >= 11 is 12.9. The largest absolute Gasteiger partial charge is 0.411 e. The second-order valence-corrected chi connectivity index (χ2v) is 7.26. The predicted octanol–water partition coefficient (Wildman–Crippen LogP) is 4.79. The van der Waals surface area contributed by atoms with Crippen LogP contribution >= 0.6 is 35.0 Å². The van der Waals surface area contributed by atoms with E-state index in [-0.39, 0.29) is 22.5 Å². The number of amides is 1. The van der Waals surface area contributed by atoms with E-state index in [0.717, 1.165) is 22.9 Å². The number of hydrogen-bond acceptors (Lipinski definition) is 6. The molecule has 6 nitrogen and oxygen atoms in total. The standard InChI is InChI=1S/C17H14Cl2N4O2S/c1-9-3-4-11(5-10(9)2)16-22-23-17(25-16)26-8-14(24)21-15-13(19)6-12(18)7-20-15/h3-7H,8H2,1-2H3,(H,20,21,24). The van der Waals surface area contributed by atoms with Crippen molar-refractivity contribution >= 4 is 46.7 Å². The lowest BCUT2D eigenvalue weighted by molar-refractivity contribution is -0.113. The van der Waals surface area contributed by atoms with Crippen LogP contribution in [0.3, 0.4) is 0 Å². The van der Waals surface area contributed by atoms with Gasteiger partial charge < -0.3 is 9.73 Å². The van der Waals surface area contributed by atoms with Crippen molar-refractivity contribution in [1.29, 1.82) is 0 Å². The Morgan fingerprint density at radius 1 is 1.19 bits per heavy atom. The zero-order valence-corrected chi connectivity index (χ0v) is 16.2. The SMILES string of the molecule is Cc1ccc(-c2nnc(SCC(=O)Nc3ncc(Cl)cc3Cl)o2)cc1C. The number of rotatable bonds is 5. The van der Waals surface area contributed by atoms with Gasteiger partial charge in [0, 0.05) is 11.8 Å². The van der Waals surface area contributed by atoms with E-state index < -0.39 is 0 Å². The average Bonchev–Trinajstić information content (AvgIpc) is 3.07. The molecule has 0 radical (unpaired) electrons. The summed E-state index contributed by atoms with van der Waals surface area (Å²) in [5, 5.41) is 11.6. The van der Waals surface area contributed by atoms with Gasteiger partial charge in [-0.1, -0.05) is 41.0 Å². The van der Waals surface area contributed by atoms with Gasteiger partial charge in [-0.15, -0.1) is 10.2 Å². The maximum absolute atomic E-state index is 12.0. The Morgan fingerprint density at radius 3 is 2.73 bits per heavy atom. The number of nitrogens with zero attached hydrogens (tertiary/aromatic N) is 3. The van der Waals surface area contributed by atoms with E-state index in [1.807, 2.05) is 32.0 Å². The topological polar surface area (TPSA) is 80.9 Å². The number of carbonyl (C=O) groups excluding carboxylic acids is 1. The molecule has 0 aliphatic rings. The summed E-state index contributed by atoms with van der Waals surface area (Å²) in [6, 6.07) is 7.41. The molecule has 1 amide bonds. The normalized spacial score (nSPS) is 10.8. The second kappa shape index (κ2) is 8.07. The number of anilines is 1. The van der Waals surface area contributed by atoms with Gasteiger partial charge in [-0.3, -0.25) is 4.79 Å². The van der Waals surface area contributed by atoms with E-state index >= 15 is 0 Å². The quantitative estimate of drug-likeness (QED) is 0.611. The van der Waals surface area contributed by atoms with Crippen LogP contribution in [0.4, 0.5) is 5.82 Å². The molecule has 2 aromatic heterocycles. The maximum atomic E-state index is 12.0. The number of halogens is 2. The first kappa shape index (κ1) is 18.7. The summed E-state index contributed by atoms with van der Waals surface area (Å²) < 4.78 is 5.61. The third-order valence-corrected chi connectivity index (χ3v) is 4.87. The summed E-state index contributed by atoms with van der Waals surface area (Å²) in [7, 11) is 0. The molecular formula is C17H14Cl2N4O2S. The zero-order valence-electron chi connectivity index (χ0n) is 13.9. The van der Waals surface area contributed by atoms with Crippen molar-refractivity contribution in [3.8, 4) is 11.5 Å². The number of thioether (sulfide) groups is 1. The van der Waals surface area contributed by atoms with Crippen LogP contribution in [-0.2, 0) is 4.79 Å². The number of nitrogens with one attached hydrogen (secondary N) is 1. The van der Waals surface area contributed by atoms with Gasteiger partial charge in [0.05, 0.1) is 15.8 Å². The molecule has 9 heteroatoms. The van der Waals surface area contributed by atoms with Crippen LogP contribution in [0.15, 0.2) is 40.1 Å². The molecule has 3 rings (SSSR count). The molecule has 0 bridgehead atoms. The third-order valence-electron chi connectivity index (χ3n) is 3.55. The Hall–Kier alpha value is -2.09. The number of aromatic nitrogens is 3. The van der Waals surface area contributed by atoms with Crippen LogP contribution in [0.1, 0.15) is 11.1 Å². The molecular weight excluding hydrogens is 395 g/mol. The molecule has 0 saturated carbocycles. The highest BCUT2D eigenvalue weighted by Crippen LogP contribution is 2.26. The second-order valence-electron chi connectivity index (χ2n) is 5.49. The molecule has 0 unspecified atom stereocenters. The van der Waals surface area contributed by atoms with Gasteiger partial charge in [0.1, 0.15) is 0 Å². The first-order valence-electron chi connectivity index (χ1n) is 7.57. The van der Waals surface area contributed by atoms with Gasteiger partial charge in [0.25, 0.3) is 5.22 Å². The fraction of sp³-hybridized carbons (Fsp3) is 0.176. The first-order chi connectivity index (χ1) is 12.4. The Labute approximate surface area is 164 Å². The fourth-order valence-corrected chi connectivity index (χ4v) is 3.05. The van der Waals surface area contributed by atoms with E-state index in [1.165, 1.54) is 17.8 Å². The van der Waals surface area contributed by atoms with Crippen LogP contribution in [0.2, 0.25) is 10.0 Å². The molecule has 0 aliphatic carbocycles. The molecule has 3 aromatic rings. The molecule has 1 N–H and O–H groups in total. The van der Waals surface area contributed by atoms with E-state index in [2.05, 4.69) is 20.5 Å². The summed E-state index contributed by atoms with van der Waals surface area (Å²) in [5.41, 5.74) is 3.17. The molecule has 0 fully saturated rings. The highest BCUT2D eigenvalue weighted by Gasteiger charge is 2.13. The van der Waals surface area contributed by atoms with Crippen LogP contribution in [0.5, 0.6) is 0 Å². The number of hydrogen-bond donors (Lipinski definition) is 1. The summed E-state index contributed by atoms with van der Waals surface area (Å²) in [6.07, 6.45) is 1.41. The van der Waals surface area contributed by atoms with E-state index in [4.69, 9.17) is 27.6 Å². The lowest BCUT2D eigenvalue weighted by atomic mass is 10.1. The molecule has 0 spiro atoms. The molecule has 26 heavy (non-hydrogen) atoms. The molecule has 0 saturated heterocycles. The third kappa shape index (κ3) is 4.55. The Kier molecular flexibility index (Phi) is 5.80. The van der Waals surface area contributed by atoms with E-state index in [1.54, 1.807) is 0 Å². The van der Waals surface area contributed by atoms with Crippen LogP contribution in [0.25, 0.3) is 11.5 Å². The smallest absolute Gasteiger partial charge is 0.277 e. The molecule has 0 aliphatic heterocycles. The van der Waals surface area contributed by atoms with Crippen molar-refractivity contribution < 1.29 is 9.21 Å². The number of pyridine rings is 1. The van der Waals surface area contributed by atoms with Crippen molar-refractivity contribution in [2.45, 2.75) is 19.1 Å². The van der Waals surface area contributed by atoms with Crippen molar-refractivity contribution in [2.75, 3.05) is 11.1 Å². The van der Waals surface area contributed by atoms with Crippen molar-refractivity contribution in [3.05, 3.63) is 51.6 Å². The minimum absolute atomic E-state index is 0.0786. The summed E-state index contributed by atoms with van der Waals surface area (Å²) in [4.78, 5) is 16.0. The predicted molar refractivity (Wildman–Crippen MR) is 103 cm³/mol. The highest BCUT2D eigenvalue weighted by atomic mass is 35.5. The van der Waals surface area contributed by atoms with Crippen LogP contribution in [-0.4, -0.2) is 26.8 Å². The monoisotopic (exact) mass is 408 g/mol. The number of aryl methyl sites for hydroxylation is 2. The lowest BCUT2D eigenvalue weighted by Crippen LogP contribution is -2.15. The minimum atomic E-state index is -0.294. The fourth-order valence-electron chi connectivity index (χ4n) is 2.06. The lowest BCUT2D eigenvalue weighted by Gasteiger charge is -2.05. The molecule has 2 heterocycles. The van der Waals surface area contributed by atoms with Gasteiger partial charge in [0.2, 0.25) is 11.8 Å². The van der Waals surface area contributed by atoms with Gasteiger partial charge >= 0.3 is 0 Å². The van der Waals surface area contributed by atoms with E-state index in [9.17, 15) is 4.79 Å². The summed E-state index contributed by atoms with van der Waals surface area (Å²) in [6.45, 7) is 4.06. The Balaban J connectivity index is 1.60. The Morgan fingerprint density at radius 2 is 2.00 bits per heavy atom. The molecule has 1 aromatic carbocycles. The van der Waals surface area contributed by atoms with Crippen molar-refractivity contribution in [2.24, 2.45) is 0 Å². The summed E-state index contributed by atoms with van der Waals surface area (Å²) in [5.74, 6) is 0.453. The molecule has 134 valence electrons. The Bertz CT molecular complexity index is 962. The van der Waals surface area contributed by atoms with Gasteiger partial charge in [-0.05, 0) is 43.2 Å². The van der Waals surface area contributed by atoms with Gasteiger partial charge in [-0.25, -0.2) is 4.98 Å². The van der Waals surface area contributed by atoms with Gasteiger partial charge in [0.15, 0.2) is 5.82 Å². The zero-order chi connectivity index (χ0) is 18.7. The maximum Gasteiger partial charge on any atom is 0.277 e. The first-order valence-corrected chi connectivity index (χ1v) is 9.31. The highest BCUT2D eigenvalue weighted by molar-refractivity contribution is 7.99. The average molecular weight is 409 g/mol. The number of benzene rings is 1. The van der Waals surface area contributed by atoms with Gasteiger partial charge in [-0.2, -0.15) is 0 Å². The van der Waals surface area contributed by atoms with Crippen molar-refractivity contribution in [3.63, 3.8) is 0 Å². The van der Waals surface area contributed by atoms with Crippen molar-refractivity contribution in [1.82, 2.24) is 15.2 Å². The number of carbonyl (C=O) groups is 1. The van der Waals surface area contributed by atoms with Crippen LogP contribution in [0, 0.1) is 13.8 Å². The van der Waals surface area contributed by atoms with E-state index in [0.29, 0.717) is 16.1 Å². The minimum Gasteiger partial charge on any atom is -0.411 e.